The van der Waals surface area contributed by atoms with E-state index >= 15 is 0 Å². The zero-order chi connectivity index (χ0) is 12.4. The molecule has 0 aliphatic heterocycles. The normalized spacial score (nSPS) is 12.5. The number of aromatic nitrogens is 2. The molecule has 0 spiro atoms. The number of aryl methyl sites for hydroxylation is 2. The Morgan fingerprint density at radius 1 is 1.18 bits per heavy atom. The fourth-order valence-electron chi connectivity index (χ4n) is 1.83. The Hall–Kier alpha value is -1.81. The molecule has 2 N–H and O–H groups in total. The largest absolute Gasteiger partial charge is 0.320 e. The van der Waals surface area contributed by atoms with Gasteiger partial charge in [-0.1, -0.05) is 6.07 Å². The van der Waals surface area contributed by atoms with Gasteiger partial charge >= 0.3 is 0 Å². The van der Waals surface area contributed by atoms with Crippen molar-refractivity contribution in [1.29, 1.82) is 0 Å². The van der Waals surface area contributed by atoms with Gasteiger partial charge in [0.05, 0.1) is 12.2 Å². The lowest BCUT2D eigenvalue weighted by Crippen LogP contribution is -2.15. The Labute approximate surface area is 99.5 Å². The van der Waals surface area contributed by atoms with E-state index in [1.165, 1.54) is 12.4 Å². The molecule has 1 atom stereocenters. The Morgan fingerprint density at radius 3 is 2.59 bits per heavy atom. The molecule has 4 heteroatoms. The van der Waals surface area contributed by atoms with Crippen LogP contribution >= 0.6 is 0 Å². The minimum Gasteiger partial charge on any atom is -0.320 e. The van der Waals surface area contributed by atoms with E-state index < -0.39 is 6.04 Å². The lowest BCUT2D eigenvalue weighted by Gasteiger charge is -2.15. The highest BCUT2D eigenvalue weighted by molar-refractivity contribution is 5.33. The summed E-state index contributed by atoms with van der Waals surface area (Å²) in [6.45, 7) is 3.79. The van der Waals surface area contributed by atoms with E-state index in [1.807, 2.05) is 26.0 Å². The summed E-state index contributed by atoms with van der Waals surface area (Å²) >= 11 is 0. The molecular formula is C13H14FN3. The maximum Gasteiger partial charge on any atom is 0.146 e. The molecule has 0 saturated heterocycles. The summed E-state index contributed by atoms with van der Waals surface area (Å²) < 4.78 is 13.6. The van der Waals surface area contributed by atoms with E-state index in [2.05, 4.69) is 9.97 Å². The van der Waals surface area contributed by atoms with Crippen LogP contribution in [0.5, 0.6) is 0 Å². The molecular weight excluding hydrogens is 217 g/mol. The van der Waals surface area contributed by atoms with Crippen LogP contribution in [0.1, 0.15) is 28.6 Å². The van der Waals surface area contributed by atoms with Gasteiger partial charge in [0, 0.05) is 23.1 Å². The SMILES string of the molecule is Cc1ccc(C(N)c2ccncc2F)c(C)n1. The van der Waals surface area contributed by atoms with E-state index in [9.17, 15) is 4.39 Å². The van der Waals surface area contributed by atoms with Gasteiger partial charge in [0.2, 0.25) is 0 Å². The van der Waals surface area contributed by atoms with E-state index in [4.69, 9.17) is 5.73 Å². The lowest BCUT2D eigenvalue weighted by molar-refractivity contribution is 0.592. The van der Waals surface area contributed by atoms with Gasteiger partial charge in [-0.15, -0.1) is 0 Å². The van der Waals surface area contributed by atoms with Gasteiger partial charge in [0.1, 0.15) is 5.82 Å². The van der Waals surface area contributed by atoms with Crippen molar-refractivity contribution >= 4 is 0 Å². The second kappa shape index (κ2) is 4.59. The average molecular weight is 231 g/mol. The number of pyridine rings is 2. The minimum atomic E-state index is -0.508. The van der Waals surface area contributed by atoms with Crippen molar-refractivity contribution in [2.75, 3.05) is 0 Å². The predicted octanol–water partition coefficient (Wildman–Crippen LogP) is 2.28. The molecule has 0 radical (unpaired) electrons. The number of nitrogens with zero attached hydrogens (tertiary/aromatic N) is 2. The maximum absolute atomic E-state index is 13.6. The molecule has 0 bridgehead atoms. The first-order valence-corrected chi connectivity index (χ1v) is 5.38. The zero-order valence-corrected chi connectivity index (χ0v) is 9.81. The molecule has 17 heavy (non-hydrogen) atoms. The Balaban J connectivity index is 2.44. The van der Waals surface area contributed by atoms with Crippen LogP contribution < -0.4 is 5.73 Å². The van der Waals surface area contributed by atoms with Crippen LogP contribution in [-0.4, -0.2) is 9.97 Å². The summed E-state index contributed by atoms with van der Waals surface area (Å²) in [5.74, 6) is -0.389. The summed E-state index contributed by atoms with van der Waals surface area (Å²) in [4.78, 5) is 8.04. The van der Waals surface area contributed by atoms with Gasteiger partial charge in [0.25, 0.3) is 0 Å². The van der Waals surface area contributed by atoms with Crippen LogP contribution in [0.2, 0.25) is 0 Å². The number of rotatable bonds is 2. The monoisotopic (exact) mass is 231 g/mol. The van der Waals surface area contributed by atoms with Crippen molar-refractivity contribution in [1.82, 2.24) is 9.97 Å². The molecule has 0 fully saturated rings. The highest BCUT2D eigenvalue weighted by Crippen LogP contribution is 2.23. The molecule has 3 nitrogen and oxygen atoms in total. The van der Waals surface area contributed by atoms with Gasteiger partial charge in [-0.05, 0) is 31.5 Å². The molecule has 2 aromatic heterocycles. The molecule has 0 aliphatic rings. The molecule has 1 unspecified atom stereocenters. The van der Waals surface area contributed by atoms with Crippen molar-refractivity contribution < 1.29 is 4.39 Å². The summed E-state index contributed by atoms with van der Waals surface area (Å²) in [6, 6.07) is 4.86. The maximum atomic E-state index is 13.6. The molecule has 88 valence electrons. The third kappa shape index (κ3) is 2.31. The zero-order valence-electron chi connectivity index (χ0n) is 9.81. The molecule has 0 saturated carbocycles. The standard InChI is InChI=1S/C13H14FN3/c1-8-3-4-10(9(2)17-8)13(15)11-5-6-16-7-12(11)14/h3-7,13H,15H2,1-2H3. The first kappa shape index (κ1) is 11.7. The van der Waals surface area contributed by atoms with Crippen LogP contribution in [0.4, 0.5) is 4.39 Å². The molecule has 0 aliphatic carbocycles. The molecule has 2 rings (SSSR count). The van der Waals surface area contributed by atoms with Gasteiger partial charge in [0.15, 0.2) is 0 Å². The molecule has 2 aromatic rings. The molecule has 2 heterocycles. The smallest absolute Gasteiger partial charge is 0.146 e. The van der Waals surface area contributed by atoms with E-state index in [1.54, 1.807) is 6.07 Å². The number of halogens is 1. The molecule has 0 aromatic carbocycles. The topological polar surface area (TPSA) is 51.8 Å². The van der Waals surface area contributed by atoms with Crippen molar-refractivity contribution in [3.8, 4) is 0 Å². The van der Waals surface area contributed by atoms with Gasteiger partial charge in [-0.2, -0.15) is 0 Å². The highest BCUT2D eigenvalue weighted by Gasteiger charge is 2.15. The third-order valence-electron chi connectivity index (χ3n) is 2.74. The van der Waals surface area contributed by atoms with Gasteiger partial charge in [-0.3, -0.25) is 9.97 Å². The summed E-state index contributed by atoms with van der Waals surface area (Å²) in [7, 11) is 0. The summed E-state index contributed by atoms with van der Waals surface area (Å²) in [6.07, 6.45) is 2.71. The number of hydrogen-bond donors (Lipinski definition) is 1. The first-order valence-electron chi connectivity index (χ1n) is 5.38. The van der Waals surface area contributed by atoms with Crippen molar-refractivity contribution in [3.63, 3.8) is 0 Å². The summed E-state index contributed by atoms with van der Waals surface area (Å²) in [5.41, 5.74) is 9.09. The lowest BCUT2D eigenvalue weighted by atomic mass is 9.99. The Kier molecular flexibility index (Phi) is 3.15. The minimum absolute atomic E-state index is 0.389. The summed E-state index contributed by atoms with van der Waals surface area (Å²) in [5, 5.41) is 0. The van der Waals surface area contributed by atoms with Crippen LogP contribution in [0.3, 0.4) is 0 Å². The highest BCUT2D eigenvalue weighted by atomic mass is 19.1. The van der Waals surface area contributed by atoms with E-state index in [-0.39, 0.29) is 5.82 Å². The number of hydrogen-bond acceptors (Lipinski definition) is 3. The molecule has 0 amide bonds. The Bertz CT molecular complexity index is 540. The van der Waals surface area contributed by atoms with E-state index in [0.29, 0.717) is 5.56 Å². The van der Waals surface area contributed by atoms with Crippen LogP contribution in [0, 0.1) is 19.7 Å². The third-order valence-corrected chi connectivity index (χ3v) is 2.74. The van der Waals surface area contributed by atoms with E-state index in [0.717, 1.165) is 17.0 Å². The fourth-order valence-corrected chi connectivity index (χ4v) is 1.83. The average Bonchev–Trinajstić information content (AvgIpc) is 2.29. The van der Waals surface area contributed by atoms with Crippen LogP contribution in [0.15, 0.2) is 30.6 Å². The van der Waals surface area contributed by atoms with Gasteiger partial charge < -0.3 is 5.73 Å². The Morgan fingerprint density at radius 2 is 1.94 bits per heavy atom. The quantitative estimate of drug-likeness (QED) is 0.862. The van der Waals surface area contributed by atoms with Crippen LogP contribution in [-0.2, 0) is 0 Å². The second-order valence-electron chi connectivity index (χ2n) is 4.00. The fraction of sp³-hybridized carbons (Fsp3) is 0.231. The number of nitrogens with two attached hydrogens (primary N) is 1. The predicted molar refractivity (Wildman–Crippen MR) is 63.9 cm³/mol. The van der Waals surface area contributed by atoms with Crippen molar-refractivity contribution in [3.05, 3.63) is 58.9 Å². The van der Waals surface area contributed by atoms with Gasteiger partial charge in [-0.25, -0.2) is 4.39 Å². The van der Waals surface area contributed by atoms with Crippen LogP contribution in [0.25, 0.3) is 0 Å². The van der Waals surface area contributed by atoms with Crippen molar-refractivity contribution in [2.45, 2.75) is 19.9 Å². The van der Waals surface area contributed by atoms with Crippen molar-refractivity contribution in [2.24, 2.45) is 5.73 Å². The first-order chi connectivity index (χ1) is 8.09. The second-order valence-corrected chi connectivity index (χ2v) is 4.00.